The van der Waals surface area contributed by atoms with Gasteiger partial charge in [0.25, 0.3) is 0 Å². The minimum atomic E-state index is 0.0751. The number of carbonyl (C=O) groups is 1. The molecule has 0 bridgehead atoms. The molecule has 0 saturated heterocycles. The van der Waals surface area contributed by atoms with Crippen molar-refractivity contribution in [2.24, 2.45) is 0 Å². The molecule has 0 atom stereocenters. The average Bonchev–Trinajstić information content (AvgIpc) is 3.01. The van der Waals surface area contributed by atoms with E-state index in [9.17, 15) is 4.79 Å². The number of imidazole rings is 1. The van der Waals surface area contributed by atoms with Crippen LogP contribution in [0.1, 0.15) is 21.7 Å². The molecule has 3 nitrogen and oxygen atoms in total. The molecule has 0 aliphatic carbocycles. The fraction of sp³-hybridized carbons (Fsp3) is 0.0909. The Labute approximate surface area is 156 Å². The summed E-state index contributed by atoms with van der Waals surface area (Å²) in [5.74, 6) is 0.948. The van der Waals surface area contributed by atoms with Gasteiger partial charge < -0.3 is 4.57 Å². The molecule has 1 aromatic heterocycles. The zero-order valence-electron chi connectivity index (χ0n) is 14.1. The highest BCUT2D eigenvalue weighted by Crippen LogP contribution is 2.20. The van der Waals surface area contributed by atoms with Gasteiger partial charge >= 0.3 is 0 Å². The number of aromatic nitrogens is 2. The van der Waals surface area contributed by atoms with E-state index in [1.165, 1.54) is 0 Å². The van der Waals surface area contributed by atoms with E-state index in [-0.39, 0.29) is 12.3 Å². The van der Waals surface area contributed by atoms with Crippen molar-refractivity contribution in [2.45, 2.75) is 13.0 Å². The van der Waals surface area contributed by atoms with Gasteiger partial charge in [-0.15, -0.1) is 0 Å². The van der Waals surface area contributed by atoms with Crippen LogP contribution in [-0.2, 0) is 13.0 Å². The molecule has 26 heavy (non-hydrogen) atoms. The largest absolute Gasteiger partial charge is 0.320 e. The second-order valence-corrected chi connectivity index (χ2v) is 6.63. The molecule has 0 N–H and O–H groups in total. The highest BCUT2D eigenvalue weighted by atomic mass is 35.5. The van der Waals surface area contributed by atoms with E-state index in [1.807, 2.05) is 83.4 Å². The van der Waals surface area contributed by atoms with Crippen molar-refractivity contribution >= 4 is 28.4 Å². The molecule has 0 aliphatic heterocycles. The molecular weight excluding hydrogens is 344 g/mol. The number of hydrogen-bond acceptors (Lipinski definition) is 2. The zero-order chi connectivity index (χ0) is 17.9. The number of rotatable bonds is 5. The van der Waals surface area contributed by atoms with Gasteiger partial charge in [-0.05, 0) is 29.8 Å². The van der Waals surface area contributed by atoms with Gasteiger partial charge in [-0.25, -0.2) is 4.98 Å². The normalized spacial score (nSPS) is 11.0. The number of carbonyl (C=O) groups excluding carboxylic acids is 1. The van der Waals surface area contributed by atoms with Gasteiger partial charge in [-0.1, -0.05) is 66.2 Å². The summed E-state index contributed by atoms with van der Waals surface area (Å²) in [4.78, 5) is 17.5. The third kappa shape index (κ3) is 3.39. The minimum absolute atomic E-state index is 0.0751. The van der Waals surface area contributed by atoms with Crippen molar-refractivity contribution in [1.29, 1.82) is 0 Å². The number of Topliss-reactive ketones (excluding diaryl/α,β-unsaturated/α-hetero) is 1. The predicted molar refractivity (Wildman–Crippen MR) is 105 cm³/mol. The monoisotopic (exact) mass is 360 g/mol. The molecule has 1 heterocycles. The van der Waals surface area contributed by atoms with Crippen LogP contribution in [0.2, 0.25) is 5.02 Å². The molecule has 128 valence electrons. The van der Waals surface area contributed by atoms with Gasteiger partial charge in [0.1, 0.15) is 5.82 Å². The van der Waals surface area contributed by atoms with Crippen LogP contribution >= 0.6 is 11.6 Å². The van der Waals surface area contributed by atoms with Crippen molar-refractivity contribution < 1.29 is 4.79 Å². The SMILES string of the molecule is O=C(Cn1c(Cc2ccc(Cl)cc2)nc2ccccc21)c1ccccc1. The molecule has 4 aromatic rings. The van der Waals surface area contributed by atoms with Crippen LogP contribution in [0.5, 0.6) is 0 Å². The summed E-state index contributed by atoms with van der Waals surface area (Å²) in [6, 6.07) is 25.0. The van der Waals surface area contributed by atoms with Crippen LogP contribution in [-0.4, -0.2) is 15.3 Å². The maximum Gasteiger partial charge on any atom is 0.182 e. The van der Waals surface area contributed by atoms with Crippen molar-refractivity contribution in [3.8, 4) is 0 Å². The number of fused-ring (bicyclic) bond motifs is 1. The maximum atomic E-state index is 12.7. The Morgan fingerprint density at radius 1 is 0.885 bits per heavy atom. The Bertz CT molecular complexity index is 1050. The number of nitrogens with zero attached hydrogens (tertiary/aromatic N) is 2. The topological polar surface area (TPSA) is 34.9 Å². The van der Waals surface area contributed by atoms with E-state index < -0.39 is 0 Å². The van der Waals surface area contributed by atoms with E-state index in [4.69, 9.17) is 16.6 Å². The summed E-state index contributed by atoms with van der Waals surface area (Å²) in [6.45, 7) is 0.271. The predicted octanol–water partition coefficient (Wildman–Crippen LogP) is 5.16. The van der Waals surface area contributed by atoms with Crippen LogP contribution in [0, 0.1) is 0 Å². The first-order chi connectivity index (χ1) is 12.7. The van der Waals surface area contributed by atoms with E-state index in [2.05, 4.69) is 0 Å². The first-order valence-electron chi connectivity index (χ1n) is 8.47. The summed E-state index contributed by atoms with van der Waals surface area (Å²) in [6.07, 6.45) is 0.647. The van der Waals surface area contributed by atoms with Crippen LogP contribution in [0.3, 0.4) is 0 Å². The number of hydrogen-bond donors (Lipinski definition) is 0. The lowest BCUT2D eigenvalue weighted by Gasteiger charge is -2.09. The second kappa shape index (κ2) is 7.14. The quantitative estimate of drug-likeness (QED) is 0.460. The zero-order valence-corrected chi connectivity index (χ0v) is 14.9. The van der Waals surface area contributed by atoms with Crippen molar-refractivity contribution in [3.63, 3.8) is 0 Å². The van der Waals surface area contributed by atoms with Crippen LogP contribution in [0.15, 0.2) is 78.9 Å². The highest BCUT2D eigenvalue weighted by Gasteiger charge is 2.15. The lowest BCUT2D eigenvalue weighted by molar-refractivity contribution is 0.0972. The first-order valence-corrected chi connectivity index (χ1v) is 8.85. The highest BCUT2D eigenvalue weighted by molar-refractivity contribution is 6.30. The standard InChI is InChI=1S/C22H17ClN2O/c23-18-12-10-16(11-13-18)14-22-24-19-8-4-5-9-20(19)25(22)15-21(26)17-6-2-1-3-7-17/h1-13H,14-15H2. The third-order valence-corrected chi connectivity index (χ3v) is 4.66. The fourth-order valence-electron chi connectivity index (χ4n) is 3.08. The van der Waals surface area contributed by atoms with Crippen molar-refractivity contribution in [3.05, 3.63) is 101 Å². The Morgan fingerprint density at radius 3 is 2.35 bits per heavy atom. The van der Waals surface area contributed by atoms with E-state index in [0.29, 0.717) is 17.0 Å². The molecule has 0 radical (unpaired) electrons. The molecule has 0 spiro atoms. The van der Waals surface area contributed by atoms with Crippen molar-refractivity contribution in [2.75, 3.05) is 0 Å². The lowest BCUT2D eigenvalue weighted by Crippen LogP contribution is -2.13. The Kier molecular flexibility index (Phi) is 4.55. The van der Waals surface area contributed by atoms with Crippen LogP contribution in [0.25, 0.3) is 11.0 Å². The van der Waals surface area contributed by atoms with E-state index >= 15 is 0 Å². The third-order valence-electron chi connectivity index (χ3n) is 4.41. The molecule has 0 amide bonds. The molecule has 0 unspecified atom stereocenters. The smallest absolute Gasteiger partial charge is 0.182 e. The maximum absolute atomic E-state index is 12.7. The molecule has 0 saturated carbocycles. The summed E-state index contributed by atoms with van der Waals surface area (Å²) in [5, 5.41) is 0.710. The Morgan fingerprint density at radius 2 is 1.58 bits per heavy atom. The van der Waals surface area contributed by atoms with Gasteiger partial charge in [0, 0.05) is 17.0 Å². The molecule has 4 rings (SSSR count). The van der Waals surface area contributed by atoms with Crippen LogP contribution < -0.4 is 0 Å². The van der Waals surface area contributed by atoms with Gasteiger partial charge in [0.05, 0.1) is 17.6 Å². The summed E-state index contributed by atoms with van der Waals surface area (Å²) >= 11 is 5.98. The minimum Gasteiger partial charge on any atom is -0.320 e. The number of para-hydroxylation sites is 2. The average molecular weight is 361 g/mol. The lowest BCUT2D eigenvalue weighted by atomic mass is 10.1. The van der Waals surface area contributed by atoms with E-state index in [0.717, 1.165) is 22.4 Å². The summed E-state index contributed by atoms with van der Waals surface area (Å²) in [7, 11) is 0. The molecule has 3 aromatic carbocycles. The Hall–Kier alpha value is -2.91. The van der Waals surface area contributed by atoms with Crippen LogP contribution in [0.4, 0.5) is 0 Å². The van der Waals surface area contributed by atoms with Gasteiger partial charge in [-0.2, -0.15) is 0 Å². The molecule has 4 heteroatoms. The number of ketones is 1. The number of benzene rings is 3. The Balaban J connectivity index is 1.72. The summed E-state index contributed by atoms with van der Waals surface area (Å²) in [5.41, 5.74) is 3.69. The van der Waals surface area contributed by atoms with Crippen molar-refractivity contribution in [1.82, 2.24) is 9.55 Å². The molecule has 0 aliphatic rings. The van der Waals surface area contributed by atoms with Gasteiger partial charge in [0.15, 0.2) is 5.78 Å². The van der Waals surface area contributed by atoms with Gasteiger partial charge in [0.2, 0.25) is 0 Å². The second-order valence-electron chi connectivity index (χ2n) is 6.20. The summed E-state index contributed by atoms with van der Waals surface area (Å²) < 4.78 is 2.01. The fourth-order valence-corrected chi connectivity index (χ4v) is 3.21. The molecule has 0 fully saturated rings. The molecular formula is C22H17ClN2O. The number of halogens is 1. The van der Waals surface area contributed by atoms with E-state index in [1.54, 1.807) is 0 Å². The van der Waals surface area contributed by atoms with Gasteiger partial charge in [-0.3, -0.25) is 4.79 Å². The first kappa shape index (κ1) is 16.6.